The third kappa shape index (κ3) is 1.89. The zero-order valence-electron chi connectivity index (χ0n) is 8.19. The molecule has 1 saturated heterocycles. The molecule has 0 aliphatic carbocycles. The summed E-state index contributed by atoms with van der Waals surface area (Å²) in [7, 11) is 0. The number of hydrogen-bond donors (Lipinski definition) is 1. The van der Waals surface area contributed by atoms with Gasteiger partial charge in [0.2, 0.25) is 0 Å². The van der Waals surface area contributed by atoms with E-state index in [1.165, 1.54) is 17.0 Å². The highest BCUT2D eigenvalue weighted by atomic mass is 35.5. The van der Waals surface area contributed by atoms with E-state index in [4.69, 9.17) is 21.4 Å². The Bertz CT molecular complexity index is 396. The Labute approximate surface area is 95.8 Å². The minimum absolute atomic E-state index is 0.151. The SMILES string of the molecule is O=[N+]([O-])c1nccn1[C@@H]1O[C@H](CO)C[C@@H]1Cl. The Morgan fingerprint density at radius 1 is 1.81 bits per heavy atom. The van der Waals surface area contributed by atoms with E-state index in [1.54, 1.807) is 0 Å². The third-order valence-electron chi connectivity index (χ3n) is 2.42. The van der Waals surface area contributed by atoms with Gasteiger partial charge in [-0.15, -0.1) is 11.6 Å². The highest BCUT2D eigenvalue weighted by molar-refractivity contribution is 6.21. The van der Waals surface area contributed by atoms with Crippen molar-refractivity contribution in [2.75, 3.05) is 6.61 Å². The summed E-state index contributed by atoms with van der Waals surface area (Å²) in [5.74, 6) is -0.311. The van der Waals surface area contributed by atoms with Crippen LogP contribution in [0.4, 0.5) is 5.95 Å². The molecule has 0 bridgehead atoms. The summed E-state index contributed by atoms with van der Waals surface area (Å²) in [5, 5.41) is 19.2. The van der Waals surface area contributed by atoms with Crippen LogP contribution in [0.25, 0.3) is 0 Å². The van der Waals surface area contributed by atoms with Crippen molar-refractivity contribution in [1.82, 2.24) is 9.55 Å². The Hall–Kier alpha value is -1.18. The average Bonchev–Trinajstić information content (AvgIpc) is 2.82. The van der Waals surface area contributed by atoms with Crippen LogP contribution in [0.1, 0.15) is 12.6 Å². The first kappa shape index (κ1) is 11.3. The monoisotopic (exact) mass is 247 g/mol. The van der Waals surface area contributed by atoms with Gasteiger partial charge < -0.3 is 20.0 Å². The Morgan fingerprint density at radius 3 is 3.12 bits per heavy atom. The number of rotatable bonds is 3. The van der Waals surface area contributed by atoms with Crippen molar-refractivity contribution >= 4 is 17.5 Å². The van der Waals surface area contributed by atoms with Gasteiger partial charge in [0.25, 0.3) is 0 Å². The summed E-state index contributed by atoms with van der Waals surface area (Å²) >= 11 is 6.01. The van der Waals surface area contributed by atoms with Crippen molar-refractivity contribution in [2.24, 2.45) is 0 Å². The minimum atomic E-state index is -0.651. The third-order valence-corrected chi connectivity index (χ3v) is 2.81. The minimum Gasteiger partial charge on any atom is -0.394 e. The lowest BCUT2D eigenvalue weighted by Gasteiger charge is -2.12. The quantitative estimate of drug-likeness (QED) is 0.482. The highest BCUT2D eigenvalue weighted by Gasteiger charge is 2.39. The average molecular weight is 248 g/mol. The van der Waals surface area contributed by atoms with E-state index < -0.39 is 16.5 Å². The fourth-order valence-electron chi connectivity index (χ4n) is 1.71. The second kappa shape index (κ2) is 4.36. The molecule has 1 fully saturated rings. The van der Waals surface area contributed by atoms with Crippen LogP contribution in [-0.4, -0.2) is 37.7 Å². The predicted octanol–water partition coefficient (Wildman–Crippen LogP) is 0.678. The van der Waals surface area contributed by atoms with Gasteiger partial charge in [0.15, 0.2) is 6.23 Å². The second-order valence-corrected chi connectivity index (χ2v) is 4.04. The number of aliphatic hydroxyl groups excluding tert-OH is 1. The van der Waals surface area contributed by atoms with E-state index in [9.17, 15) is 10.1 Å². The van der Waals surface area contributed by atoms with E-state index in [-0.39, 0.29) is 18.7 Å². The summed E-state index contributed by atoms with van der Waals surface area (Å²) in [5.41, 5.74) is 0. The van der Waals surface area contributed by atoms with Gasteiger partial charge in [-0.1, -0.05) is 4.98 Å². The molecule has 0 amide bonds. The van der Waals surface area contributed by atoms with E-state index in [1.807, 2.05) is 0 Å². The van der Waals surface area contributed by atoms with Crippen molar-refractivity contribution in [3.8, 4) is 0 Å². The van der Waals surface area contributed by atoms with E-state index in [0.29, 0.717) is 6.42 Å². The number of alkyl halides is 1. The summed E-state index contributed by atoms with van der Waals surface area (Å²) in [6.45, 7) is -0.151. The molecule has 16 heavy (non-hydrogen) atoms. The smallest absolute Gasteiger partial charge is 0.394 e. The van der Waals surface area contributed by atoms with Crippen LogP contribution in [0.15, 0.2) is 12.4 Å². The molecule has 2 rings (SSSR count). The molecule has 0 aromatic carbocycles. The molecule has 88 valence electrons. The molecular weight excluding hydrogens is 238 g/mol. The van der Waals surface area contributed by atoms with Gasteiger partial charge in [-0.25, -0.2) is 4.57 Å². The van der Waals surface area contributed by atoms with Crippen molar-refractivity contribution in [3.63, 3.8) is 0 Å². The normalized spacial score (nSPS) is 29.5. The summed E-state index contributed by atoms with van der Waals surface area (Å²) in [6, 6.07) is 0. The molecule has 1 aliphatic rings. The van der Waals surface area contributed by atoms with Crippen molar-refractivity contribution < 1.29 is 14.8 Å². The fourth-order valence-corrected chi connectivity index (χ4v) is 2.09. The van der Waals surface area contributed by atoms with E-state index in [0.717, 1.165) is 0 Å². The number of nitrogens with zero attached hydrogens (tertiary/aromatic N) is 3. The molecule has 0 spiro atoms. The van der Waals surface area contributed by atoms with Crippen LogP contribution >= 0.6 is 11.6 Å². The molecule has 1 aliphatic heterocycles. The topological polar surface area (TPSA) is 90.4 Å². The van der Waals surface area contributed by atoms with Crippen molar-refractivity contribution in [3.05, 3.63) is 22.5 Å². The lowest BCUT2D eigenvalue weighted by molar-refractivity contribution is -0.398. The fraction of sp³-hybridized carbons (Fsp3) is 0.625. The maximum absolute atomic E-state index is 10.7. The number of imidazole rings is 1. The summed E-state index contributed by atoms with van der Waals surface area (Å²) < 4.78 is 6.67. The van der Waals surface area contributed by atoms with Gasteiger partial charge in [0.1, 0.15) is 12.4 Å². The van der Waals surface area contributed by atoms with Gasteiger partial charge in [-0.3, -0.25) is 0 Å². The number of aromatic nitrogens is 2. The Morgan fingerprint density at radius 2 is 2.56 bits per heavy atom. The number of halogens is 1. The standard InChI is InChI=1S/C8H10ClN3O4/c9-6-3-5(4-13)16-7(6)11-2-1-10-8(11)12(14)15/h1-2,5-7,13H,3-4H2/t5-,6-,7+/m0/s1. The molecular formula is C8H10ClN3O4. The zero-order valence-corrected chi connectivity index (χ0v) is 8.95. The summed E-state index contributed by atoms with van der Waals surface area (Å²) in [6.07, 6.45) is 2.18. The maximum Gasteiger partial charge on any atom is 0.436 e. The molecule has 2 heterocycles. The van der Waals surface area contributed by atoms with E-state index >= 15 is 0 Å². The van der Waals surface area contributed by atoms with Crippen LogP contribution in [0, 0.1) is 10.1 Å². The number of hydrogen-bond acceptors (Lipinski definition) is 5. The van der Waals surface area contributed by atoms with Crippen LogP contribution in [0.5, 0.6) is 0 Å². The first-order valence-corrected chi connectivity index (χ1v) is 5.14. The van der Waals surface area contributed by atoms with Crippen LogP contribution in [0.3, 0.4) is 0 Å². The number of nitro groups is 1. The molecule has 0 unspecified atom stereocenters. The molecule has 1 N–H and O–H groups in total. The lowest BCUT2D eigenvalue weighted by Crippen LogP contribution is -2.17. The van der Waals surface area contributed by atoms with Gasteiger partial charge in [-0.05, 0) is 11.3 Å². The second-order valence-electron chi connectivity index (χ2n) is 3.47. The number of aliphatic hydroxyl groups is 1. The van der Waals surface area contributed by atoms with Gasteiger partial charge in [-0.2, -0.15) is 0 Å². The molecule has 0 radical (unpaired) electrons. The van der Waals surface area contributed by atoms with Crippen LogP contribution in [-0.2, 0) is 4.74 Å². The molecule has 8 heteroatoms. The molecule has 1 aromatic heterocycles. The first-order chi connectivity index (χ1) is 7.63. The van der Waals surface area contributed by atoms with Crippen molar-refractivity contribution in [2.45, 2.75) is 24.1 Å². The van der Waals surface area contributed by atoms with Crippen molar-refractivity contribution in [1.29, 1.82) is 0 Å². The van der Waals surface area contributed by atoms with Crippen LogP contribution < -0.4 is 0 Å². The first-order valence-electron chi connectivity index (χ1n) is 4.71. The van der Waals surface area contributed by atoms with Gasteiger partial charge >= 0.3 is 5.95 Å². The van der Waals surface area contributed by atoms with Crippen LogP contribution in [0.2, 0.25) is 0 Å². The molecule has 1 aromatic rings. The maximum atomic E-state index is 10.7. The predicted molar refractivity (Wildman–Crippen MR) is 54.1 cm³/mol. The Kier molecular flexibility index (Phi) is 3.08. The molecule has 3 atom stereocenters. The lowest BCUT2D eigenvalue weighted by atomic mass is 10.2. The zero-order chi connectivity index (χ0) is 11.7. The van der Waals surface area contributed by atoms with Gasteiger partial charge in [0.05, 0.1) is 18.1 Å². The Balaban J connectivity index is 2.24. The van der Waals surface area contributed by atoms with Gasteiger partial charge in [0, 0.05) is 0 Å². The number of ether oxygens (including phenoxy) is 1. The molecule has 7 nitrogen and oxygen atoms in total. The largest absolute Gasteiger partial charge is 0.436 e. The van der Waals surface area contributed by atoms with E-state index in [2.05, 4.69) is 4.98 Å². The molecule has 0 saturated carbocycles. The summed E-state index contributed by atoms with van der Waals surface area (Å²) in [4.78, 5) is 13.7. The highest BCUT2D eigenvalue weighted by Crippen LogP contribution is 2.34.